The number of hydrogen-bond donors (Lipinski definition) is 1. The number of benzene rings is 1. The van der Waals surface area contributed by atoms with Crippen LogP contribution in [0.3, 0.4) is 0 Å². The van der Waals surface area contributed by atoms with Crippen molar-refractivity contribution in [3.63, 3.8) is 0 Å². The van der Waals surface area contributed by atoms with Gasteiger partial charge < -0.3 is 15.0 Å². The average Bonchev–Trinajstić information content (AvgIpc) is 2.44. The molecule has 0 saturated carbocycles. The minimum absolute atomic E-state index is 0.0150. The van der Waals surface area contributed by atoms with Crippen LogP contribution in [-0.2, 0) is 11.3 Å². The van der Waals surface area contributed by atoms with Crippen LogP contribution in [0.15, 0.2) is 22.7 Å². The van der Waals surface area contributed by atoms with Crippen molar-refractivity contribution in [2.45, 2.75) is 33.4 Å². The lowest BCUT2D eigenvalue weighted by atomic mass is 10.2. The third kappa shape index (κ3) is 4.21. The second-order valence-corrected chi connectivity index (χ2v) is 5.38. The summed E-state index contributed by atoms with van der Waals surface area (Å²) in [5, 5.41) is 3.10. The first kappa shape index (κ1) is 17.0. The van der Waals surface area contributed by atoms with Crippen molar-refractivity contribution in [3.05, 3.63) is 28.2 Å². The Morgan fingerprint density at radius 2 is 2.05 bits per heavy atom. The van der Waals surface area contributed by atoms with E-state index in [1.54, 1.807) is 11.8 Å². The predicted octanol–water partition coefficient (Wildman–Crippen LogP) is 2.80. The molecule has 4 nitrogen and oxygen atoms in total. The van der Waals surface area contributed by atoms with Gasteiger partial charge in [0.1, 0.15) is 5.75 Å². The van der Waals surface area contributed by atoms with Gasteiger partial charge in [-0.1, -0.05) is 12.1 Å². The first-order chi connectivity index (χ1) is 9.54. The number of carbonyl (C=O) groups excluding carboxylic acids is 1. The van der Waals surface area contributed by atoms with E-state index >= 15 is 0 Å². The number of ether oxygens (including phenoxy) is 1. The van der Waals surface area contributed by atoms with Crippen LogP contribution in [-0.4, -0.2) is 37.0 Å². The van der Waals surface area contributed by atoms with Gasteiger partial charge in [-0.2, -0.15) is 0 Å². The number of amides is 1. The quantitative estimate of drug-likeness (QED) is 0.828. The van der Waals surface area contributed by atoms with Gasteiger partial charge in [0.15, 0.2) is 6.10 Å². The van der Waals surface area contributed by atoms with Gasteiger partial charge in [-0.05, 0) is 49.8 Å². The van der Waals surface area contributed by atoms with Crippen LogP contribution in [0, 0.1) is 0 Å². The van der Waals surface area contributed by atoms with Gasteiger partial charge in [-0.15, -0.1) is 0 Å². The maximum absolute atomic E-state index is 12.3. The van der Waals surface area contributed by atoms with Gasteiger partial charge in [-0.25, -0.2) is 0 Å². The Kier molecular flexibility index (Phi) is 7.02. The molecule has 5 heteroatoms. The van der Waals surface area contributed by atoms with E-state index in [1.165, 1.54) is 0 Å². The van der Waals surface area contributed by atoms with Gasteiger partial charge in [0.2, 0.25) is 0 Å². The smallest absolute Gasteiger partial charge is 0.263 e. The Bertz CT molecular complexity index is 447. The van der Waals surface area contributed by atoms with Gasteiger partial charge in [0.05, 0.1) is 4.47 Å². The van der Waals surface area contributed by atoms with E-state index in [0.29, 0.717) is 19.6 Å². The molecule has 0 radical (unpaired) electrons. The molecule has 0 aromatic heterocycles. The highest BCUT2D eigenvalue weighted by atomic mass is 79.9. The number of hydrogen-bond acceptors (Lipinski definition) is 3. The molecule has 1 N–H and O–H groups in total. The largest absolute Gasteiger partial charge is 0.479 e. The average molecular weight is 343 g/mol. The van der Waals surface area contributed by atoms with Crippen molar-refractivity contribution in [3.8, 4) is 5.75 Å². The zero-order valence-corrected chi connectivity index (χ0v) is 14.2. The van der Waals surface area contributed by atoms with Crippen molar-refractivity contribution >= 4 is 21.8 Å². The highest BCUT2D eigenvalue weighted by molar-refractivity contribution is 9.10. The van der Waals surface area contributed by atoms with E-state index in [-0.39, 0.29) is 5.91 Å². The first-order valence-electron chi connectivity index (χ1n) is 6.92. The monoisotopic (exact) mass is 342 g/mol. The summed E-state index contributed by atoms with van der Waals surface area (Å²) in [5.74, 6) is 0.746. The predicted molar refractivity (Wildman–Crippen MR) is 84.9 cm³/mol. The van der Waals surface area contributed by atoms with Gasteiger partial charge in [0, 0.05) is 25.2 Å². The normalized spacial score (nSPS) is 12.1. The number of carbonyl (C=O) groups is 1. The molecule has 1 unspecified atom stereocenters. The maximum Gasteiger partial charge on any atom is 0.263 e. The minimum atomic E-state index is -0.496. The summed E-state index contributed by atoms with van der Waals surface area (Å²) in [6.07, 6.45) is -0.496. The van der Waals surface area contributed by atoms with E-state index in [1.807, 2.05) is 39.1 Å². The Hall–Kier alpha value is -1.07. The fourth-order valence-electron chi connectivity index (χ4n) is 2.03. The van der Waals surface area contributed by atoms with Crippen LogP contribution < -0.4 is 10.1 Å². The molecule has 0 aliphatic rings. The third-order valence-corrected chi connectivity index (χ3v) is 3.76. The minimum Gasteiger partial charge on any atom is -0.479 e. The van der Waals surface area contributed by atoms with E-state index < -0.39 is 6.10 Å². The summed E-state index contributed by atoms with van der Waals surface area (Å²) >= 11 is 3.49. The maximum atomic E-state index is 12.3. The molecule has 1 rings (SSSR count). The molecule has 0 bridgehead atoms. The molecule has 1 aromatic rings. The number of rotatable bonds is 7. The Balaban J connectivity index is 2.89. The van der Waals surface area contributed by atoms with Crippen molar-refractivity contribution in [1.82, 2.24) is 10.2 Å². The number of likely N-dealkylation sites (N-methyl/N-ethyl adjacent to an activating group) is 1. The van der Waals surface area contributed by atoms with Crippen LogP contribution in [0.5, 0.6) is 5.75 Å². The summed E-state index contributed by atoms with van der Waals surface area (Å²) in [4.78, 5) is 14.0. The molecule has 0 spiro atoms. The summed E-state index contributed by atoms with van der Waals surface area (Å²) < 4.78 is 6.76. The number of nitrogens with zero attached hydrogens (tertiary/aromatic N) is 1. The summed E-state index contributed by atoms with van der Waals surface area (Å²) in [7, 11) is 1.88. The number of nitrogens with one attached hydrogen (secondary N) is 1. The van der Waals surface area contributed by atoms with Crippen LogP contribution in [0.2, 0.25) is 0 Å². The Morgan fingerprint density at radius 3 is 2.60 bits per heavy atom. The molecule has 0 aliphatic carbocycles. The van der Waals surface area contributed by atoms with Crippen molar-refractivity contribution in [2.75, 3.05) is 20.1 Å². The summed E-state index contributed by atoms with van der Waals surface area (Å²) in [5.41, 5.74) is 1.03. The van der Waals surface area contributed by atoms with Gasteiger partial charge in [-0.3, -0.25) is 4.79 Å². The summed E-state index contributed by atoms with van der Waals surface area (Å²) in [6.45, 7) is 7.83. The fourth-order valence-corrected chi connectivity index (χ4v) is 2.54. The zero-order valence-electron chi connectivity index (χ0n) is 12.6. The Morgan fingerprint density at radius 1 is 1.40 bits per heavy atom. The van der Waals surface area contributed by atoms with E-state index in [0.717, 1.165) is 15.8 Å². The number of para-hydroxylation sites is 1. The SMILES string of the molecule is CCN(CC)C(=O)C(C)Oc1c(Br)cccc1CNC. The van der Waals surface area contributed by atoms with E-state index in [9.17, 15) is 4.79 Å². The van der Waals surface area contributed by atoms with Crippen LogP contribution in [0.1, 0.15) is 26.3 Å². The molecule has 20 heavy (non-hydrogen) atoms. The molecule has 0 fully saturated rings. The van der Waals surface area contributed by atoms with Crippen molar-refractivity contribution < 1.29 is 9.53 Å². The van der Waals surface area contributed by atoms with Gasteiger partial charge in [0.25, 0.3) is 5.91 Å². The molecular formula is C15H23BrN2O2. The molecule has 112 valence electrons. The third-order valence-electron chi connectivity index (χ3n) is 3.13. The second-order valence-electron chi connectivity index (χ2n) is 4.53. The molecule has 1 aromatic carbocycles. The topological polar surface area (TPSA) is 41.6 Å². The highest BCUT2D eigenvalue weighted by Crippen LogP contribution is 2.30. The lowest BCUT2D eigenvalue weighted by Gasteiger charge is -2.24. The van der Waals surface area contributed by atoms with Crippen LogP contribution in [0.4, 0.5) is 0 Å². The van der Waals surface area contributed by atoms with Crippen LogP contribution in [0.25, 0.3) is 0 Å². The molecular weight excluding hydrogens is 320 g/mol. The van der Waals surface area contributed by atoms with Crippen molar-refractivity contribution in [1.29, 1.82) is 0 Å². The first-order valence-corrected chi connectivity index (χ1v) is 7.71. The van der Waals surface area contributed by atoms with E-state index in [2.05, 4.69) is 21.2 Å². The van der Waals surface area contributed by atoms with Crippen molar-refractivity contribution in [2.24, 2.45) is 0 Å². The lowest BCUT2D eigenvalue weighted by molar-refractivity contribution is -0.137. The van der Waals surface area contributed by atoms with E-state index in [4.69, 9.17) is 4.74 Å². The second kappa shape index (κ2) is 8.27. The fraction of sp³-hybridized carbons (Fsp3) is 0.533. The van der Waals surface area contributed by atoms with Crippen LogP contribution >= 0.6 is 15.9 Å². The molecule has 0 aliphatic heterocycles. The van der Waals surface area contributed by atoms with Gasteiger partial charge >= 0.3 is 0 Å². The summed E-state index contributed by atoms with van der Waals surface area (Å²) in [6, 6.07) is 5.87. The molecule has 1 atom stereocenters. The molecule has 1 amide bonds. The lowest BCUT2D eigenvalue weighted by Crippen LogP contribution is -2.40. The zero-order chi connectivity index (χ0) is 15.1. The highest BCUT2D eigenvalue weighted by Gasteiger charge is 2.21. The molecule has 0 heterocycles. The number of halogens is 1. The molecule has 0 saturated heterocycles. The Labute approximate surface area is 129 Å². The standard InChI is InChI=1S/C15H23BrN2O2/c1-5-18(6-2)15(19)11(3)20-14-12(10-17-4)8-7-9-13(14)16/h7-9,11,17H,5-6,10H2,1-4H3.